The Hall–Kier alpha value is -1.79. The van der Waals surface area contributed by atoms with Gasteiger partial charge >= 0.3 is 0 Å². The van der Waals surface area contributed by atoms with Crippen LogP contribution in [0.5, 0.6) is 5.75 Å². The summed E-state index contributed by atoms with van der Waals surface area (Å²) in [6.45, 7) is 7.26. The first-order valence-electron chi connectivity index (χ1n) is 8.65. The number of ether oxygens (including phenoxy) is 1. The number of hydrogen-bond donors (Lipinski definition) is 1. The number of piperazine rings is 1. The SMILES string of the molecule is CCOc1ccccc1N1CC(C(=O)N2CCNCC2C)CC1=O.Cl. The normalized spacial score (nSPS) is 23.4. The van der Waals surface area contributed by atoms with E-state index in [2.05, 4.69) is 5.32 Å². The molecule has 0 spiro atoms. The topological polar surface area (TPSA) is 61.9 Å². The fourth-order valence-electron chi connectivity index (χ4n) is 3.47. The molecule has 3 rings (SSSR count). The first-order valence-corrected chi connectivity index (χ1v) is 8.65. The third kappa shape index (κ3) is 4.07. The van der Waals surface area contributed by atoms with Crippen molar-refractivity contribution in [2.75, 3.05) is 37.7 Å². The van der Waals surface area contributed by atoms with E-state index in [1.807, 2.05) is 43.0 Å². The zero-order valence-corrected chi connectivity index (χ0v) is 15.6. The van der Waals surface area contributed by atoms with Crippen LogP contribution in [0.3, 0.4) is 0 Å². The summed E-state index contributed by atoms with van der Waals surface area (Å²) in [5.74, 6) is 0.502. The van der Waals surface area contributed by atoms with E-state index in [0.717, 1.165) is 18.8 Å². The standard InChI is InChI=1S/C18H25N3O3.ClH/c1-3-24-16-7-5-4-6-15(16)21-12-14(10-17(21)22)18(23)20-9-8-19-11-13(20)2;/h4-7,13-14,19H,3,8-12H2,1-2H3;1H. The van der Waals surface area contributed by atoms with Crippen LogP contribution in [0.25, 0.3) is 0 Å². The number of rotatable bonds is 4. The van der Waals surface area contributed by atoms with Gasteiger partial charge in [0.25, 0.3) is 0 Å². The number of hydrogen-bond acceptors (Lipinski definition) is 4. The lowest BCUT2D eigenvalue weighted by atomic mass is 10.1. The highest BCUT2D eigenvalue weighted by molar-refractivity contribution is 6.01. The number of benzene rings is 1. The molecule has 0 aliphatic carbocycles. The van der Waals surface area contributed by atoms with Crippen LogP contribution in [0.4, 0.5) is 5.69 Å². The van der Waals surface area contributed by atoms with E-state index in [4.69, 9.17) is 4.74 Å². The third-order valence-electron chi connectivity index (χ3n) is 4.71. The average Bonchev–Trinajstić information content (AvgIpc) is 2.97. The molecule has 25 heavy (non-hydrogen) atoms. The first-order chi connectivity index (χ1) is 11.6. The molecule has 2 saturated heterocycles. The van der Waals surface area contributed by atoms with Crippen LogP contribution in [0, 0.1) is 5.92 Å². The van der Waals surface area contributed by atoms with Gasteiger partial charge in [-0.25, -0.2) is 0 Å². The molecule has 2 heterocycles. The summed E-state index contributed by atoms with van der Waals surface area (Å²) in [6, 6.07) is 7.69. The maximum Gasteiger partial charge on any atom is 0.228 e. The summed E-state index contributed by atoms with van der Waals surface area (Å²) in [7, 11) is 0. The molecule has 0 bridgehead atoms. The van der Waals surface area contributed by atoms with Gasteiger partial charge in [0.2, 0.25) is 11.8 Å². The molecule has 2 fully saturated rings. The minimum Gasteiger partial charge on any atom is -0.492 e. The molecule has 138 valence electrons. The van der Waals surface area contributed by atoms with Gasteiger partial charge in [-0.1, -0.05) is 12.1 Å². The van der Waals surface area contributed by atoms with Crippen molar-refractivity contribution in [3.05, 3.63) is 24.3 Å². The lowest BCUT2D eigenvalue weighted by Gasteiger charge is -2.35. The molecule has 2 atom stereocenters. The number of amides is 2. The molecular formula is C18H26ClN3O3. The van der Waals surface area contributed by atoms with Gasteiger partial charge in [0.1, 0.15) is 5.75 Å². The molecule has 1 aromatic carbocycles. The Morgan fingerprint density at radius 3 is 2.84 bits per heavy atom. The third-order valence-corrected chi connectivity index (χ3v) is 4.71. The van der Waals surface area contributed by atoms with E-state index in [-0.39, 0.29) is 42.6 Å². The Labute approximate surface area is 154 Å². The smallest absolute Gasteiger partial charge is 0.228 e. The maximum atomic E-state index is 12.8. The number of nitrogens with zero attached hydrogens (tertiary/aromatic N) is 2. The molecule has 2 amide bonds. The van der Waals surface area contributed by atoms with Gasteiger partial charge in [-0.3, -0.25) is 9.59 Å². The van der Waals surface area contributed by atoms with Gasteiger partial charge in [-0.2, -0.15) is 0 Å². The predicted molar refractivity (Wildman–Crippen MR) is 99.4 cm³/mol. The zero-order valence-electron chi connectivity index (χ0n) is 14.7. The molecule has 2 aliphatic heterocycles. The molecule has 0 saturated carbocycles. The van der Waals surface area contributed by atoms with Crippen molar-refractivity contribution in [3.63, 3.8) is 0 Å². The van der Waals surface area contributed by atoms with Gasteiger partial charge in [0.05, 0.1) is 18.2 Å². The van der Waals surface area contributed by atoms with Crippen LogP contribution in [-0.4, -0.2) is 55.5 Å². The molecule has 2 aliphatic rings. The monoisotopic (exact) mass is 367 g/mol. The van der Waals surface area contributed by atoms with Crippen LogP contribution in [-0.2, 0) is 9.59 Å². The highest BCUT2D eigenvalue weighted by atomic mass is 35.5. The molecule has 0 radical (unpaired) electrons. The minimum absolute atomic E-state index is 0. The zero-order chi connectivity index (χ0) is 17.1. The van der Waals surface area contributed by atoms with E-state index < -0.39 is 0 Å². The van der Waals surface area contributed by atoms with Crippen molar-refractivity contribution in [1.29, 1.82) is 0 Å². The van der Waals surface area contributed by atoms with Gasteiger partial charge < -0.3 is 19.9 Å². The molecular weight excluding hydrogens is 342 g/mol. The second kappa shape index (κ2) is 8.54. The van der Waals surface area contributed by atoms with Gasteiger partial charge in [-0.05, 0) is 26.0 Å². The second-order valence-corrected chi connectivity index (χ2v) is 6.39. The quantitative estimate of drug-likeness (QED) is 0.879. The summed E-state index contributed by atoms with van der Waals surface area (Å²) >= 11 is 0. The molecule has 6 nitrogen and oxygen atoms in total. The molecule has 1 N–H and O–H groups in total. The summed E-state index contributed by atoms with van der Waals surface area (Å²) in [4.78, 5) is 28.9. The minimum atomic E-state index is -0.271. The van der Waals surface area contributed by atoms with Crippen LogP contribution in [0.2, 0.25) is 0 Å². The average molecular weight is 368 g/mol. The van der Waals surface area contributed by atoms with E-state index >= 15 is 0 Å². The fourth-order valence-corrected chi connectivity index (χ4v) is 3.47. The Bertz CT molecular complexity index is 625. The first kappa shape index (κ1) is 19.5. The summed E-state index contributed by atoms with van der Waals surface area (Å²) in [6.07, 6.45) is 0.274. The van der Waals surface area contributed by atoms with Crippen molar-refractivity contribution in [1.82, 2.24) is 10.2 Å². The van der Waals surface area contributed by atoms with Crippen molar-refractivity contribution in [3.8, 4) is 5.75 Å². The van der Waals surface area contributed by atoms with Gasteiger partial charge in [-0.15, -0.1) is 12.4 Å². The van der Waals surface area contributed by atoms with E-state index in [1.54, 1.807) is 4.90 Å². The lowest BCUT2D eigenvalue weighted by molar-refractivity contribution is -0.138. The number of carbonyl (C=O) groups is 2. The lowest BCUT2D eigenvalue weighted by Crippen LogP contribution is -2.54. The highest BCUT2D eigenvalue weighted by Gasteiger charge is 2.39. The summed E-state index contributed by atoms with van der Waals surface area (Å²) in [5, 5.41) is 3.29. The maximum absolute atomic E-state index is 12.8. The van der Waals surface area contributed by atoms with Crippen LogP contribution < -0.4 is 15.0 Å². The van der Waals surface area contributed by atoms with E-state index in [9.17, 15) is 9.59 Å². The van der Waals surface area contributed by atoms with Gasteiger partial charge in [0.15, 0.2) is 0 Å². The predicted octanol–water partition coefficient (Wildman–Crippen LogP) is 1.68. The number of halogens is 1. The van der Waals surface area contributed by atoms with E-state index in [0.29, 0.717) is 25.4 Å². The Morgan fingerprint density at radius 2 is 2.12 bits per heavy atom. The van der Waals surface area contributed by atoms with Crippen LogP contribution in [0.15, 0.2) is 24.3 Å². The van der Waals surface area contributed by atoms with Crippen molar-refractivity contribution < 1.29 is 14.3 Å². The summed E-state index contributed by atoms with van der Waals surface area (Å²) in [5.41, 5.74) is 0.757. The van der Waals surface area contributed by atoms with E-state index in [1.165, 1.54) is 0 Å². The van der Waals surface area contributed by atoms with Crippen LogP contribution in [0.1, 0.15) is 20.3 Å². The molecule has 0 aromatic heterocycles. The Kier molecular flexibility index (Phi) is 6.67. The molecule has 1 aromatic rings. The molecule has 2 unspecified atom stereocenters. The second-order valence-electron chi connectivity index (χ2n) is 6.39. The highest BCUT2D eigenvalue weighted by Crippen LogP contribution is 2.33. The number of para-hydroxylation sites is 2. The van der Waals surface area contributed by atoms with Crippen molar-refractivity contribution in [2.24, 2.45) is 5.92 Å². The van der Waals surface area contributed by atoms with Crippen molar-refractivity contribution in [2.45, 2.75) is 26.3 Å². The van der Waals surface area contributed by atoms with Gasteiger partial charge in [0, 0.05) is 38.6 Å². The van der Waals surface area contributed by atoms with Crippen LogP contribution >= 0.6 is 12.4 Å². The molecule has 7 heteroatoms. The van der Waals surface area contributed by atoms with Crippen molar-refractivity contribution >= 4 is 29.9 Å². The number of nitrogens with one attached hydrogen (secondary N) is 1. The Balaban J connectivity index is 0.00000225. The summed E-state index contributed by atoms with van der Waals surface area (Å²) < 4.78 is 5.63. The number of carbonyl (C=O) groups excluding carboxylic acids is 2. The largest absolute Gasteiger partial charge is 0.492 e. The fraction of sp³-hybridized carbons (Fsp3) is 0.556. The Morgan fingerprint density at radius 1 is 1.36 bits per heavy atom. The number of anilines is 1.